The van der Waals surface area contributed by atoms with Crippen LogP contribution in [0.5, 0.6) is 0 Å². The number of methoxy groups -OCH3 is 1. The number of Topliss-reactive ketones (excluding diaryl/α,β-unsaturated/α-hetero) is 1. The van der Waals surface area contributed by atoms with E-state index in [4.69, 9.17) is 0 Å². The number of carbonyl (C=O) groups is 2. The van der Waals surface area contributed by atoms with E-state index in [9.17, 15) is 31.5 Å². The topological polar surface area (TPSA) is 43.4 Å². The highest BCUT2D eigenvalue weighted by atomic mass is 19.4. The highest BCUT2D eigenvalue weighted by Crippen LogP contribution is 2.36. The Labute approximate surface area is 74.8 Å². The Balaban J connectivity index is 4.61. The summed E-state index contributed by atoms with van der Waals surface area (Å²) in [6.07, 6.45) is -7.60. The molecule has 3 nitrogen and oxygen atoms in total. The van der Waals surface area contributed by atoms with Gasteiger partial charge in [0.1, 0.15) is 6.42 Å². The number of hydrogen-bond acceptors (Lipinski definition) is 3. The second kappa shape index (κ2) is 3.89. The third-order valence-electron chi connectivity index (χ3n) is 1.24. The Morgan fingerprint density at radius 3 is 1.86 bits per heavy atom. The maximum absolute atomic E-state index is 12.1. The molecular formula is C6H5F5O3. The van der Waals surface area contributed by atoms with Crippen LogP contribution in [-0.2, 0) is 14.3 Å². The first kappa shape index (κ1) is 12.8. The summed E-state index contributed by atoms with van der Waals surface area (Å²) in [4.78, 5) is 20.6. The van der Waals surface area contributed by atoms with Crippen LogP contribution in [0.15, 0.2) is 0 Å². The van der Waals surface area contributed by atoms with E-state index in [0.29, 0.717) is 0 Å². The predicted molar refractivity (Wildman–Crippen MR) is 32.6 cm³/mol. The number of esters is 1. The van der Waals surface area contributed by atoms with Gasteiger partial charge in [-0.15, -0.1) is 0 Å². The molecule has 0 unspecified atom stereocenters. The molecule has 0 fully saturated rings. The first-order chi connectivity index (χ1) is 6.13. The first-order valence-corrected chi connectivity index (χ1v) is 3.17. The van der Waals surface area contributed by atoms with Gasteiger partial charge in [0.2, 0.25) is 5.78 Å². The van der Waals surface area contributed by atoms with Gasteiger partial charge in [-0.05, 0) is 0 Å². The fourth-order valence-electron chi connectivity index (χ4n) is 0.472. The average Bonchev–Trinajstić information content (AvgIpc) is 2.01. The Morgan fingerprint density at radius 2 is 1.57 bits per heavy atom. The monoisotopic (exact) mass is 220 g/mol. The zero-order chi connectivity index (χ0) is 11.6. The number of rotatable bonds is 3. The summed E-state index contributed by atoms with van der Waals surface area (Å²) in [7, 11) is 0.765. The molecule has 0 bridgehead atoms. The van der Waals surface area contributed by atoms with Gasteiger partial charge in [0.15, 0.2) is 0 Å². The lowest BCUT2D eigenvalue weighted by Gasteiger charge is -2.17. The second-order valence-corrected chi connectivity index (χ2v) is 2.25. The molecule has 14 heavy (non-hydrogen) atoms. The summed E-state index contributed by atoms with van der Waals surface area (Å²) in [5, 5.41) is 0. The van der Waals surface area contributed by atoms with Gasteiger partial charge in [-0.1, -0.05) is 0 Å². The molecular weight excluding hydrogens is 215 g/mol. The molecule has 0 radical (unpaired) electrons. The summed E-state index contributed by atoms with van der Waals surface area (Å²) in [6.45, 7) is 0. The number of ether oxygens (including phenoxy) is 1. The largest absolute Gasteiger partial charge is 0.469 e. The van der Waals surface area contributed by atoms with E-state index in [1.807, 2.05) is 0 Å². The molecule has 0 saturated carbocycles. The summed E-state index contributed by atoms with van der Waals surface area (Å²) >= 11 is 0. The lowest BCUT2D eigenvalue weighted by atomic mass is 10.1. The van der Waals surface area contributed by atoms with Crippen LogP contribution in [-0.4, -0.2) is 31.0 Å². The van der Waals surface area contributed by atoms with Gasteiger partial charge in [-0.3, -0.25) is 9.59 Å². The summed E-state index contributed by atoms with van der Waals surface area (Å²) in [5.74, 6) is -9.49. The van der Waals surface area contributed by atoms with Gasteiger partial charge in [0.25, 0.3) is 0 Å². The number of ketones is 1. The number of hydrogen-bond donors (Lipinski definition) is 0. The summed E-state index contributed by atoms with van der Waals surface area (Å²) in [5.41, 5.74) is 0. The van der Waals surface area contributed by atoms with Crippen LogP contribution in [0.1, 0.15) is 6.42 Å². The zero-order valence-electron chi connectivity index (χ0n) is 6.82. The van der Waals surface area contributed by atoms with Gasteiger partial charge < -0.3 is 4.74 Å². The molecule has 0 spiro atoms. The SMILES string of the molecule is COC(=O)CC(=O)C(F)(F)C(F)(F)F. The molecule has 0 aliphatic heterocycles. The molecule has 0 N–H and O–H groups in total. The van der Waals surface area contributed by atoms with Crippen molar-refractivity contribution in [3.8, 4) is 0 Å². The van der Waals surface area contributed by atoms with Crippen LogP contribution >= 0.6 is 0 Å². The molecule has 8 heteroatoms. The van der Waals surface area contributed by atoms with Crippen LogP contribution in [0.25, 0.3) is 0 Å². The third kappa shape index (κ3) is 2.64. The smallest absolute Gasteiger partial charge is 0.461 e. The van der Waals surface area contributed by atoms with Crippen molar-refractivity contribution in [3.63, 3.8) is 0 Å². The van der Waals surface area contributed by atoms with E-state index in [2.05, 4.69) is 4.74 Å². The minimum Gasteiger partial charge on any atom is -0.469 e. The quantitative estimate of drug-likeness (QED) is 0.409. The molecule has 0 saturated heterocycles. The van der Waals surface area contributed by atoms with Crippen molar-refractivity contribution < 1.29 is 36.3 Å². The van der Waals surface area contributed by atoms with Gasteiger partial charge in [-0.2, -0.15) is 22.0 Å². The number of alkyl halides is 5. The van der Waals surface area contributed by atoms with Crippen LogP contribution in [0.3, 0.4) is 0 Å². The van der Waals surface area contributed by atoms with Crippen molar-refractivity contribution in [2.24, 2.45) is 0 Å². The van der Waals surface area contributed by atoms with Crippen molar-refractivity contribution in [2.45, 2.75) is 18.5 Å². The predicted octanol–water partition coefficient (Wildman–Crippen LogP) is 1.32. The number of carbonyl (C=O) groups excluding carboxylic acids is 2. The minimum absolute atomic E-state index is 0.765. The molecule has 82 valence electrons. The van der Waals surface area contributed by atoms with Gasteiger partial charge in [0, 0.05) is 0 Å². The fourth-order valence-corrected chi connectivity index (χ4v) is 0.472. The molecule has 0 heterocycles. The molecule has 0 aromatic rings. The highest BCUT2D eigenvalue weighted by Gasteiger charge is 2.62. The van der Waals surface area contributed by atoms with Crippen LogP contribution in [0.4, 0.5) is 22.0 Å². The Hall–Kier alpha value is -1.21. The van der Waals surface area contributed by atoms with E-state index >= 15 is 0 Å². The second-order valence-electron chi connectivity index (χ2n) is 2.25. The van der Waals surface area contributed by atoms with E-state index in [1.165, 1.54) is 0 Å². The molecule has 0 aliphatic carbocycles. The summed E-state index contributed by atoms with van der Waals surface area (Å²) in [6, 6.07) is 0. The molecule has 0 rings (SSSR count). The maximum atomic E-state index is 12.1. The minimum atomic E-state index is -5.99. The lowest BCUT2D eigenvalue weighted by molar-refractivity contribution is -0.268. The highest BCUT2D eigenvalue weighted by molar-refractivity contribution is 5.99. The van der Waals surface area contributed by atoms with Crippen LogP contribution in [0.2, 0.25) is 0 Å². The molecule has 0 amide bonds. The zero-order valence-corrected chi connectivity index (χ0v) is 6.82. The van der Waals surface area contributed by atoms with Gasteiger partial charge in [-0.25, -0.2) is 0 Å². The lowest BCUT2D eigenvalue weighted by Crippen LogP contribution is -2.44. The molecule has 0 aromatic heterocycles. The van der Waals surface area contributed by atoms with Gasteiger partial charge in [0.05, 0.1) is 7.11 Å². The van der Waals surface area contributed by atoms with Crippen LogP contribution in [0, 0.1) is 0 Å². The molecule has 0 atom stereocenters. The third-order valence-corrected chi connectivity index (χ3v) is 1.24. The number of halogens is 5. The van der Waals surface area contributed by atoms with Gasteiger partial charge >= 0.3 is 18.1 Å². The van der Waals surface area contributed by atoms with E-state index < -0.39 is 30.3 Å². The van der Waals surface area contributed by atoms with Crippen molar-refractivity contribution >= 4 is 11.8 Å². The Morgan fingerprint density at radius 1 is 1.14 bits per heavy atom. The van der Waals surface area contributed by atoms with Crippen molar-refractivity contribution in [3.05, 3.63) is 0 Å². The standard InChI is InChI=1S/C6H5F5O3/c1-14-4(13)2-3(12)5(7,8)6(9,10)11/h2H2,1H3. The van der Waals surface area contributed by atoms with Crippen molar-refractivity contribution in [1.29, 1.82) is 0 Å². The van der Waals surface area contributed by atoms with E-state index in [-0.39, 0.29) is 0 Å². The Kier molecular flexibility index (Phi) is 3.55. The summed E-state index contributed by atoms with van der Waals surface area (Å²) < 4.78 is 62.6. The van der Waals surface area contributed by atoms with Crippen LogP contribution < -0.4 is 0 Å². The first-order valence-electron chi connectivity index (χ1n) is 3.17. The van der Waals surface area contributed by atoms with Crippen molar-refractivity contribution in [1.82, 2.24) is 0 Å². The average molecular weight is 220 g/mol. The normalized spacial score (nSPS) is 12.4. The van der Waals surface area contributed by atoms with E-state index in [1.54, 1.807) is 0 Å². The maximum Gasteiger partial charge on any atom is 0.461 e. The Bertz CT molecular complexity index is 244. The van der Waals surface area contributed by atoms with E-state index in [0.717, 1.165) is 7.11 Å². The van der Waals surface area contributed by atoms with Crippen molar-refractivity contribution in [2.75, 3.05) is 7.11 Å². The fraction of sp³-hybridized carbons (Fsp3) is 0.667. The molecule has 0 aromatic carbocycles. The molecule has 0 aliphatic rings.